The summed E-state index contributed by atoms with van der Waals surface area (Å²) in [5.41, 5.74) is 2.00. The van der Waals surface area contributed by atoms with Crippen molar-refractivity contribution in [3.8, 4) is 11.3 Å². The van der Waals surface area contributed by atoms with E-state index in [9.17, 15) is 4.79 Å². The minimum Gasteiger partial charge on any atom is -0.347 e. The molecular weight excluding hydrogens is 330 g/mol. The second-order valence-corrected chi connectivity index (χ2v) is 7.13. The first-order valence-electron chi connectivity index (χ1n) is 7.68. The predicted octanol–water partition coefficient (Wildman–Crippen LogP) is 3.95. The summed E-state index contributed by atoms with van der Waals surface area (Å²) in [6, 6.07) is 7.58. The van der Waals surface area contributed by atoms with Crippen LogP contribution in [0.3, 0.4) is 0 Å². The van der Waals surface area contributed by atoms with Crippen molar-refractivity contribution in [1.82, 2.24) is 15.6 Å². The number of hydrogen-bond acceptors (Lipinski definition) is 4. The maximum Gasteiger partial charge on any atom is 0.220 e. The Hall–Kier alpha value is -1.43. The zero-order valence-corrected chi connectivity index (χ0v) is 15.2. The molecule has 0 aliphatic rings. The lowest BCUT2D eigenvalue weighted by atomic mass is 10.1. The van der Waals surface area contributed by atoms with Crippen molar-refractivity contribution in [1.29, 1.82) is 0 Å². The maximum atomic E-state index is 11.9. The van der Waals surface area contributed by atoms with E-state index < -0.39 is 0 Å². The number of amides is 1. The Morgan fingerprint density at radius 1 is 1.35 bits per heavy atom. The van der Waals surface area contributed by atoms with Gasteiger partial charge >= 0.3 is 0 Å². The van der Waals surface area contributed by atoms with Gasteiger partial charge < -0.3 is 10.6 Å². The van der Waals surface area contributed by atoms with Gasteiger partial charge in [-0.15, -0.1) is 11.3 Å². The van der Waals surface area contributed by atoms with Gasteiger partial charge in [-0.3, -0.25) is 4.79 Å². The minimum absolute atomic E-state index is 0.0636. The Morgan fingerprint density at radius 2 is 2.04 bits per heavy atom. The third kappa shape index (κ3) is 5.03. The Morgan fingerprint density at radius 3 is 2.70 bits per heavy atom. The second-order valence-electron chi connectivity index (χ2n) is 5.46. The molecule has 0 bridgehead atoms. The molecule has 1 aromatic heterocycles. The molecule has 0 spiro atoms. The highest BCUT2D eigenvalue weighted by Crippen LogP contribution is 2.31. The van der Waals surface area contributed by atoms with E-state index in [0.29, 0.717) is 11.4 Å². The van der Waals surface area contributed by atoms with Gasteiger partial charge in [-0.25, -0.2) is 4.98 Å². The Labute approximate surface area is 146 Å². The Kier molecular flexibility index (Phi) is 6.57. The molecule has 0 saturated carbocycles. The number of aryl methyl sites for hydroxylation is 1. The van der Waals surface area contributed by atoms with Crippen LogP contribution in [0.1, 0.15) is 35.7 Å². The predicted molar refractivity (Wildman–Crippen MR) is 97.0 cm³/mol. The zero-order chi connectivity index (χ0) is 16.8. The maximum absolute atomic E-state index is 11.9. The molecule has 1 aromatic carbocycles. The van der Waals surface area contributed by atoms with Gasteiger partial charge in [0.2, 0.25) is 5.91 Å². The molecule has 6 heteroatoms. The number of carbonyl (C=O) groups is 1. The molecule has 124 valence electrons. The van der Waals surface area contributed by atoms with Gasteiger partial charge in [0.15, 0.2) is 0 Å². The van der Waals surface area contributed by atoms with Gasteiger partial charge in [0.1, 0.15) is 5.01 Å². The van der Waals surface area contributed by atoms with Crippen LogP contribution < -0.4 is 10.6 Å². The first-order valence-corrected chi connectivity index (χ1v) is 8.88. The number of thiazole rings is 1. The van der Waals surface area contributed by atoms with Crippen LogP contribution in [0.2, 0.25) is 5.02 Å². The number of nitrogens with zero attached hydrogens (tertiary/aromatic N) is 1. The monoisotopic (exact) mass is 351 g/mol. The van der Waals surface area contributed by atoms with Crippen LogP contribution in [0, 0.1) is 6.92 Å². The Balaban J connectivity index is 2.04. The lowest BCUT2D eigenvalue weighted by molar-refractivity contribution is -0.121. The molecule has 2 aromatic rings. The molecule has 23 heavy (non-hydrogen) atoms. The fourth-order valence-corrected chi connectivity index (χ4v) is 3.35. The fraction of sp³-hybridized carbons (Fsp3) is 0.412. The average molecular weight is 352 g/mol. The number of benzene rings is 1. The van der Waals surface area contributed by atoms with Crippen LogP contribution in [0.4, 0.5) is 0 Å². The van der Waals surface area contributed by atoms with E-state index in [2.05, 4.69) is 10.6 Å². The van der Waals surface area contributed by atoms with Crippen LogP contribution in [0.5, 0.6) is 0 Å². The lowest BCUT2D eigenvalue weighted by Crippen LogP contribution is -2.27. The van der Waals surface area contributed by atoms with Gasteiger partial charge in [-0.1, -0.05) is 23.7 Å². The zero-order valence-electron chi connectivity index (χ0n) is 13.6. The Bertz CT molecular complexity index is 654. The standard InChI is InChI=1S/C17H22ClN3OS/c1-11(20-15(22)5-4-10-19-3)17-21-16(12(2)23-17)13-6-8-14(18)9-7-13/h6-9,11,19H,4-5,10H2,1-3H3,(H,20,22). The molecule has 1 atom stereocenters. The summed E-state index contributed by atoms with van der Waals surface area (Å²) in [7, 11) is 1.89. The van der Waals surface area contributed by atoms with Crippen LogP contribution in [0.25, 0.3) is 11.3 Å². The molecule has 1 heterocycles. The third-order valence-electron chi connectivity index (χ3n) is 3.51. The van der Waals surface area contributed by atoms with Crippen LogP contribution in [-0.2, 0) is 4.79 Å². The highest BCUT2D eigenvalue weighted by Gasteiger charge is 2.16. The highest BCUT2D eigenvalue weighted by atomic mass is 35.5. The molecule has 2 rings (SSSR count). The van der Waals surface area contributed by atoms with E-state index in [1.807, 2.05) is 45.2 Å². The molecule has 0 radical (unpaired) electrons. The van der Waals surface area contributed by atoms with Gasteiger partial charge in [-0.2, -0.15) is 0 Å². The summed E-state index contributed by atoms with van der Waals surface area (Å²) in [6.07, 6.45) is 1.36. The van der Waals surface area contributed by atoms with E-state index >= 15 is 0 Å². The van der Waals surface area contributed by atoms with E-state index in [1.165, 1.54) is 0 Å². The fourth-order valence-electron chi connectivity index (χ4n) is 2.28. The molecule has 1 amide bonds. The minimum atomic E-state index is -0.0816. The molecule has 2 N–H and O–H groups in total. The first-order chi connectivity index (χ1) is 11.0. The number of rotatable bonds is 7. The van der Waals surface area contributed by atoms with Gasteiger partial charge in [-0.05, 0) is 46.0 Å². The summed E-state index contributed by atoms with van der Waals surface area (Å²) in [5, 5.41) is 7.70. The number of carbonyl (C=O) groups excluding carboxylic acids is 1. The van der Waals surface area contributed by atoms with Crippen molar-refractivity contribution in [2.45, 2.75) is 32.7 Å². The molecular formula is C17H22ClN3OS. The molecule has 0 fully saturated rings. The van der Waals surface area contributed by atoms with Crippen molar-refractivity contribution >= 4 is 28.8 Å². The van der Waals surface area contributed by atoms with Gasteiger partial charge in [0.25, 0.3) is 0 Å². The molecule has 0 saturated heterocycles. The summed E-state index contributed by atoms with van der Waals surface area (Å²) in [4.78, 5) is 17.8. The van der Waals surface area contributed by atoms with Crippen molar-refractivity contribution in [3.63, 3.8) is 0 Å². The molecule has 0 aliphatic carbocycles. The summed E-state index contributed by atoms with van der Waals surface area (Å²) < 4.78 is 0. The van der Waals surface area contributed by atoms with Gasteiger partial charge in [0.05, 0.1) is 11.7 Å². The number of halogens is 1. The van der Waals surface area contributed by atoms with Crippen molar-refractivity contribution in [3.05, 3.63) is 39.2 Å². The second kappa shape index (κ2) is 8.43. The van der Waals surface area contributed by atoms with Crippen molar-refractivity contribution in [2.24, 2.45) is 0 Å². The normalized spacial score (nSPS) is 12.2. The lowest BCUT2D eigenvalue weighted by Gasteiger charge is -2.11. The number of hydrogen-bond donors (Lipinski definition) is 2. The molecule has 4 nitrogen and oxygen atoms in total. The van der Waals surface area contributed by atoms with E-state index in [0.717, 1.165) is 34.1 Å². The third-order valence-corrected chi connectivity index (χ3v) is 4.91. The van der Waals surface area contributed by atoms with Crippen LogP contribution >= 0.6 is 22.9 Å². The van der Waals surface area contributed by atoms with E-state index in [4.69, 9.17) is 16.6 Å². The largest absolute Gasteiger partial charge is 0.347 e. The quantitative estimate of drug-likeness (QED) is 0.743. The number of aromatic nitrogens is 1. The summed E-state index contributed by atoms with van der Waals surface area (Å²) in [6.45, 7) is 4.87. The summed E-state index contributed by atoms with van der Waals surface area (Å²) in [5.74, 6) is 0.0636. The van der Waals surface area contributed by atoms with Crippen LogP contribution in [0.15, 0.2) is 24.3 Å². The van der Waals surface area contributed by atoms with Gasteiger partial charge in [0, 0.05) is 21.9 Å². The first kappa shape index (κ1) is 17.9. The van der Waals surface area contributed by atoms with Crippen molar-refractivity contribution in [2.75, 3.05) is 13.6 Å². The average Bonchev–Trinajstić information content (AvgIpc) is 2.90. The smallest absolute Gasteiger partial charge is 0.220 e. The topological polar surface area (TPSA) is 54.0 Å². The summed E-state index contributed by atoms with van der Waals surface area (Å²) >= 11 is 7.55. The van der Waals surface area contributed by atoms with Crippen molar-refractivity contribution < 1.29 is 4.79 Å². The van der Waals surface area contributed by atoms with E-state index in [-0.39, 0.29) is 11.9 Å². The molecule has 1 unspecified atom stereocenters. The number of nitrogens with one attached hydrogen (secondary N) is 2. The van der Waals surface area contributed by atoms with E-state index in [1.54, 1.807) is 11.3 Å². The highest BCUT2D eigenvalue weighted by molar-refractivity contribution is 7.12. The molecule has 0 aliphatic heterocycles. The van der Waals surface area contributed by atoms with Crippen LogP contribution in [-0.4, -0.2) is 24.5 Å². The SMILES string of the molecule is CNCCCC(=O)NC(C)c1nc(-c2ccc(Cl)cc2)c(C)s1.